The maximum Gasteiger partial charge on any atom is 0.322 e. The van der Waals surface area contributed by atoms with Crippen molar-refractivity contribution in [1.82, 2.24) is 14.7 Å². The van der Waals surface area contributed by atoms with Gasteiger partial charge in [-0.05, 0) is 30.9 Å². The number of nitrogens with zero attached hydrogens (tertiary/aromatic N) is 1. The van der Waals surface area contributed by atoms with Gasteiger partial charge in [0.15, 0.2) is 0 Å². The Morgan fingerprint density at radius 1 is 1.50 bits per heavy atom. The van der Waals surface area contributed by atoms with Crippen LogP contribution in [0.4, 0.5) is 0 Å². The molecule has 0 bridgehead atoms. The van der Waals surface area contributed by atoms with E-state index in [0.717, 1.165) is 12.8 Å². The van der Waals surface area contributed by atoms with E-state index < -0.39 is 22.0 Å². The van der Waals surface area contributed by atoms with Crippen LogP contribution in [0.1, 0.15) is 12.8 Å². The lowest BCUT2D eigenvalue weighted by Gasteiger charge is -2.13. The van der Waals surface area contributed by atoms with Crippen molar-refractivity contribution in [3.63, 3.8) is 0 Å². The van der Waals surface area contributed by atoms with Crippen molar-refractivity contribution in [1.29, 1.82) is 0 Å². The summed E-state index contributed by atoms with van der Waals surface area (Å²) >= 11 is 0. The van der Waals surface area contributed by atoms with Crippen LogP contribution < -0.4 is 4.72 Å². The van der Waals surface area contributed by atoms with Gasteiger partial charge in [-0.2, -0.15) is 4.72 Å². The molecule has 0 aromatic carbocycles. The fourth-order valence-electron chi connectivity index (χ4n) is 2.16. The van der Waals surface area contributed by atoms with E-state index in [0.29, 0.717) is 11.0 Å². The average molecular weight is 295 g/mol. The van der Waals surface area contributed by atoms with Crippen molar-refractivity contribution in [3.05, 3.63) is 24.5 Å². The van der Waals surface area contributed by atoms with Gasteiger partial charge in [0.1, 0.15) is 16.6 Å². The topological polar surface area (TPSA) is 112 Å². The summed E-state index contributed by atoms with van der Waals surface area (Å²) in [5, 5.41) is 9.56. The highest BCUT2D eigenvalue weighted by molar-refractivity contribution is 7.89. The van der Waals surface area contributed by atoms with Gasteiger partial charge in [0.25, 0.3) is 0 Å². The highest BCUT2D eigenvalue weighted by Crippen LogP contribution is 2.33. The number of pyridine rings is 1. The molecular formula is C12H13N3O4S. The number of H-pyrrole nitrogens is 1. The molecule has 1 aliphatic rings. The zero-order chi connectivity index (χ0) is 14.3. The second-order valence-corrected chi connectivity index (χ2v) is 6.51. The third-order valence-corrected chi connectivity index (χ3v) is 4.83. The molecule has 20 heavy (non-hydrogen) atoms. The van der Waals surface area contributed by atoms with E-state index in [9.17, 15) is 13.2 Å². The molecule has 1 aliphatic carbocycles. The van der Waals surface area contributed by atoms with Crippen molar-refractivity contribution < 1.29 is 18.3 Å². The van der Waals surface area contributed by atoms with Gasteiger partial charge < -0.3 is 10.1 Å². The number of carboxylic acids is 1. The second kappa shape index (κ2) is 4.57. The first kappa shape index (κ1) is 13.1. The molecule has 1 fully saturated rings. The lowest BCUT2D eigenvalue weighted by Crippen LogP contribution is -2.42. The summed E-state index contributed by atoms with van der Waals surface area (Å²) in [6, 6.07) is 2.19. The van der Waals surface area contributed by atoms with E-state index in [4.69, 9.17) is 5.11 Å². The summed E-state index contributed by atoms with van der Waals surface area (Å²) < 4.78 is 26.9. The number of aromatic amines is 1. The number of sulfonamides is 1. The second-order valence-electron chi connectivity index (χ2n) is 4.83. The lowest BCUT2D eigenvalue weighted by molar-refractivity contribution is -0.139. The van der Waals surface area contributed by atoms with Crippen molar-refractivity contribution in [2.24, 2.45) is 5.92 Å². The van der Waals surface area contributed by atoms with Crippen LogP contribution in [0.3, 0.4) is 0 Å². The van der Waals surface area contributed by atoms with Gasteiger partial charge in [-0.1, -0.05) is 0 Å². The summed E-state index contributed by atoms with van der Waals surface area (Å²) in [4.78, 5) is 17.9. The van der Waals surface area contributed by atoms with Crippen LogP contribution in [0.25, 0.3) is 11.0 Å². The summed E-state index contributed by atoms with van der Waals surface area (Å²) in [6.07, 6.45) is 4.34. The van der Waals surface area contributed by atoms with E-state index in [2.05, 4.69) is 14.7 Å². The fourth-order valence-corrected chi connectivity index (χ4v) is 3.58. The van der Waals surface area contributed by atoms with Gasteiger partial charge in [0.2, 0.25) is 10.0 Å². The third-order valence-electron chi connectivity index (χ3n) is 3.34. The minimum absolute atomic E-state index is 0.0208. The highest BCUT2D eigenvalue weighted by Gasteiger charge is 2.39. The molecule has 0 aliphatic heterocycles. The van der Waals surface area contributed by atoms with Crippen LogP contribution in [0.2, 0.25) is 0 Å². The molecule has 2 aromatic heterocycles. The Kier molecular flexibility index (Phi) is 2.98. The van der Waals surface area contributed by atoms with Gasteiger partial charge in [-0.25, -0.2) is 13.4 Å². The molecule has 3 rings (SSSR count). The largest absolute Gasteiger partial charge is 0.480 e. The number of aliphatic carboxylic acids is 1. The molecular weight excluding hydrogens is 282 g/mol. The van der Waals surface area contributed by atoms with Crippen LogP contribution in [0, 0.1) is 5.92 Å². The van der Waals surface area contributed by atoms with E-state index in [1.807, 2.05) is 0 Å². The summed E-state index contributed by atoms with van der Waals surface area (Å²) in [7, 11) is -3.89. The van der Waals surface area contributed by atoms with E-state index in [1.54, 1.807) is 18.3 Å². The molecule has 0 amide bonds. The SMILES string of the molecule is O=C(O)C(NS(=O)(=O)c1c[nH]c2ncccc12)C1CC1. The molecule has 0 spiro atoms. The van der Waals surface area contributed by atoms with E-state index in [-0.39, 0.29) is 10.8 Å². The van der Waals surface area contributed by atoms with Gasteiger partial charge in [-0.3, -0.25) is 4.79 Å². The Bertz CT molecular complexity index is 764. The predicted molar refractivity (Wildman–Crippen MR) is 70.6 cm³/mol. The quantitative estimate of drug-likeness (QED) is 0.752. The molecule has 8 heteroatoms. The highest BCUT2D eigenvalue weighted by atomic mass is 32.2. The molecule has 1 atom stereocenters. The number of rotatable bonds is 5. The fraction of sp³-hybridized carbons (Fsp3) is 0.333. The molecule has 0 radical (unpaired) electrons. The Labute approximate surface area is 115 Å². The first-order valence-electron chi connectivity index (χ1n) is 6.16. The minimum atomic E-state index is -3.89. The molecule has 2 aromatic rings. The van der Waals surface area contributed by atoms with Crippen LogP contribution in [-0.4, -0.2) is 35.5 Å². The Morgan fingerprint density at radius 3 is 2.90 bits per heavy atom. The molecule has 1 saturated carbocycles. The minimum Gasteiger partial charge on any atom is -0.480 e. The zero-order valence-corrected chi connectivity index (χ0v) is 11.2. The van der Waals surface area contributed by atoms with Crippen molar-refractivity contribution in [2.45, 2.75) is 23.8 Å². The molecule has 7 nitrogen and oxygen atoms in total. The van der Waals surface area contributed by atoms with Crippen LogP contribution in [-0.2, 0) is 14.8 Å². The van der Waals surface area contributed by atoms with Crippen LogP contribution in [0.5, 0.6) is 0 Å². The number of aromatic nitrogens is 2. The Hall–Kier alpha value is -1.93. The number of nitrogens with one attached hydrogen (secondary N) is 2. The normalized spacial score (nSPS) is 17.2. The maximum atomic E-state index is 12.3. The Balaban J connectivity index is 1.97. The smallest absolute Gasteiger partial charge is 0.322 e. The average Bonchev–Trinajstić information content (AvgIpc) is 3.13. The van der Waals surface area contributed by atoms with Gasteiger partial charge in [-0.15, -0.1) is 0 Å². The Morgan fingerprint density at radius 2 is 2.25 bits per heavy atom. The van der Waals surface area contributed by atoms with Crippen molar-refractivity contribution in [2.75, 3.05) is 0 Å². The molecule has 2 heterocycles. The number of carboxylic acid groups (broad SMARTS) is 1. The number of hydrogen-bond acceptors (Lipinski definition) is 4. The molecule has 3 N–H and O–H groups in total. The van der Waals surface area contributed by atoms with Crippen molar-refractivity contribution in [3.8, 4) is 0 Å². The first-order chi connectivity index (χ1) is 9.49. The summed E-state index contributed by atoms with van der Waals surface area (Å²) in [5.74, 6) is -1.26. The van der Waals surface area contributed by atoms with Gasteiger partial charge in [0, 0.05) is 17.8 Å². The molecule has 106 valence electrons. The maximum absolute atomic E-state index is 12.3. The van der Waals surface area contributed by atoms with E-state index >= 15 is 0 Å². The van der Waals surface area contributed by atoms with Gasteiger partial charge in [0.05, 0.1) is 0 Å². The predicted octanol–water partition coefficient (Wildman–Crippen LogP) is 0.704. The third kappa shape index (κ3) is 2.27. The number of hydrogen-bond donors (Lipinski definition) is 3. The first-order valence-corrected chi connectivity index (χ1v) is 7.64. The number of fused-ring (bicyclic) bond motifs is 1. The van der Waals surface area contributed by atoms with Crippen LogP contribution in [0.15, 0.2) is 29.4 Å². The monoisotopic (exact) mass is 295 g/mol. The molecule has 1 unspecified atom stereocenters. The van der Waals surface area contributed by atoms with Gasteiger partial charge >= 0.3 is 5.97 Å². The summed E-state index contributed by atoms with van der Waals surface area (Å²) in [6.45, 7) is 0. The summed E-state index contributed by atoms with van der Waals surface area (Å²) in [5.41, 5.74) is 0.450. The standard InChI is InChI=1S/C12H13N3O4S/c16-12(17)10(7-3-4-7)15-20(18,19)9-6-14-11-8(9)2-1-5-13-11/h1-2,5-7,10,15H,3-4H2,(H,13,14)(H,16,17). The van der Waals surface area contributed by atoms with Crippen LogP contribution >= 0.6 is 0 Å². The molecule has 0 saturated heterocycles. The lowest BCUT2D eigenvalue weighted by atomic mass is 10.2. The van der Waals surface area contributed by atoms with Crippen molar-refractivity contribution >= 4 is 27.0 Å². The zero-order valence-electron chi connectivity index (χ0n) is 10.4. The number of carbonyl (C=O) groups is 1. The van der Waals surface area contributed by atoms with E-state index in [1.165, 1.54) is 6.20 Å².